The average Bonchev–Trinajstić information content (AvgIpc) is 2.61. The van der Waals surface area contributed by atoms with Crippen LogP contribution in [0.25, 0.3) is 0 Å². The van der Waals surface area contributed by atoms with Crippen LogP contribution in [0.2, 0.25) is 5.02 Å². The quantitative estimate of drug-likeness (QED) is 0.925. The molecule has 2 unspecified atom stereocenters. The summed E-state index contributed by atoms with van der Waals surface area (Å²) in [5, 5.41) is 5.11. The summed E-state index contributed by atoms with van der Waals surface area (Å²) in [6.07, 6.45) is 1.84. The predicted molar refractivity (Wildman–Crippen MR) is 74.9 cm³/mol. The summed E-state index contributed by atoms with van der Waals surface area (Å²) in [7, 11) is 0. The Morgan fingerprint density at radius 3 is 2.28 bits per heavy atom. The maximum atomic E-state index is 6.09. The van der Waals surface area contributed by atoms with Gasteiger partial charge in [-0.05, 0) is 26.3 Å². The molecule has 0 aliphatic heterocycles. The largest absolute Gasteiger partial charge is 0.326 e. The van der Waals surface area contributed by atoms with Crippen molar-refractivity contribution in [2.75, 3.05) is 0 Å². The van der Waals surface area contributed by atoms with E-state index in [2.05, 4.69) is 36.3 Å². The van der Waals surface area contributed by atoms with E-state index in [1.54, 1.807) is 0 Å². The second kappa shape index (κ2) is 5.12. The molecular weight excluding hydrogens is 246 g/mol. The molecule has 0 aliphatic rings. The Morgan fingerprint density at radius 2 is 1.83 bits per heavy atom. The third-order valence-electron chi connectivity index (χ3n) is 3.06. The molecule has 2 N–H and O–H groups in total. The van der Waals surface area contributed by atoms with Crippen molar-refractivity contribution in [2.24, 2.45) is 5.73 Å². The Balaban J connectivity index is 2.43. The molecule has 0 bridgehead atoms. The minimum absolute atomic E-state index is 0.0109. The van der Waals surface area contributed by atoms with Crippen molar-refractivity contribution in [1.82, 2.24) is 9.78 Å². The lowest BCUT2D eigenvalue weighted by molar-refractivity contribution is 0.452. The van der Waals surface area contributed by atoms with Crippen molar-refractivity contribution in [2.45, 2.75) is 32.9 Å². The van der Waals surface area contributed by atoms with Crippen LogP contribution in [0.1, 0.15) is 29.8 Å². The van der Waals surface area contributed by atoms with Crippen molar-refractivity contribution < 1.29 is 0 Å². The van der Waals surface area contributed by atoms with Gasteiger partial charge in [0, 0.05) is 12.2 Å². The van der Waals surface area contributed by atoms with E-state index in [0.29, 0.717) is 5.02 Å². The van der Waals surface area contributed by atoms with Crippen molar-refractivity contribution in [3.63, 3.8) is 0 Å². The van der Waals surface area contributed by atoms with Crippen LogP contribution >= 0.6 is 11.6 Å². The molecule has 1 aromatic heterocycles. The van der Waals surface area contributed by atoms with Crippen LogP contribution in [0.15, 0.2) is 30.5 Å². The molecule has 0 spiro atoms. The molecule has 96 valence electrons. The number of hydrogen-bond donors (Lipinski definition) is 1. The molecular formula is C14H18ClN3. The number of rotatable bonds is 3. The maximum Gasteiger partial charge on any atom is 0.0917 e. The fourth-order valence-electron chi connectivity index (χ4n) is 2.06. The highest BCUT2D eigenvalue weighted by Gasteiger charge is 2.20. The third-order valence-corrected chi connectivity index (χ3v) is 3.43. The first-order chi connectivity index (χ1) is 8.49. The minimum Gasteiger partial charge on any atom is -0.326 e. The van der Waals surface area contributed by atoms with Crippen molar-refractivity contribution >= 4 is 11.6 Å². The number of halogens is 1. The fraction of sp³-hybridized carbons (Fsp3) is 0.357. The highest BCUT2D eigenvalue weighted by atomic mass is 35.5. The van der Waals surface area contributed by atoms with Gasteiger partial charge >= 0.3 is 0 Å². The van der Waals surface area contributed by atoms with Gasteiger partial charge in [-0.25, -0.2) is 0 Å². The molecule has 1 aromatic carbocycles. The first-order valence-electron chi connectivity index (χ1n) is 6.02. The highest BCUT2D eigenvalue weighted by molar-refractivity contribution is 6.31. The molecule has 0 saturated carbocycles. The van der Waals surface area contributed by atoms with Gasteiger partial charge in [0.2, 0.25) is 0 Å². The number of nitrogens with zero attached hydrogens (tertiary/aromatic N) is 2. The summed E-state index contributed by atoms with van der Waals surface area (Å²) in [6, 6.07) is 8.33. The van der Waals surface area contributed by atoms with Gasteiger partial charge in [0.1, 0.15) is 0 Å². The van der Waals surface area contributed by atoms with Crippen LogP contribution in [-0.2, 0) is 0 Å². The molecule has 2 atom stereocenters. The molecule has 0 fully saturated rings. The zero-order valence-corrected chi connectivity index (χ0v) is 11.6. The van der Waals surface area contributed by atoms with Crippen LogP contribution in [0.3, 0.4) is 0 Å². The lowest BCUT2D eigenvalue weighted by atomic mass is 10.0. The van der Waals surface area contributed by atoms with Crippen LogP contribution in [-0.4, -0.2) is 15.8 Å². The number of hydrogen-bond acceptors (Lipinski definition) is 2. The zero-order chi connectivity index (χ0) is 13.3. The lowest BCUT2D eigenvalue weighted by Gasteiger charge is -2.22. The Morgan fingerprint density at radius 1 is 1.22 bits per heavy atom. The second-order valence-electron chi connectivity index (χ2n) is 4.76. The van der Waals surface area contributed by atoms with E-state index in [0.717, 1.165) is 11.3 Å². The van der Waals surface area contributed by atoms with Gasteiger partial charge in [-0.2, -0.15) is 5.10 Å². The average molecular weight is 264 g/mol. The highest BCUT2D eigenvalue weighted by Crippen LogP contribution is 2.24. The number of aryl methyl sites for hydroxylation is 2. The first-order valence-corrected chi connectivity index (χ1v) is 6.40. The smallest absolute Gasteiger partial charge is 0.0917 e. The topological polar surface area (TPSA) is 43.8 Å². The summed E-state index contributed by atoms with van der Waals surface area (Å²) < 4.78 is 1.85. The summed E-state index contributed by atoms with van der Waals surface area (Å²) in [6.45, 7) is 5.95. The van der Waals surface area contributed by atoms with Gasteiger partial charge in [0.05, 0.1) is 16.8 Å². The molecule has 3 nitrogen and oxygen atoms in total. The van der Waals surface area contributed by atoms with E-state index in [4.69, 9.17) is 17.3 Å². The second-order valence-corrected chi connectivity index (χ2v) is 5.16. The van der Waals surface area contributed by atoms with Gasteiger partial charge in [0.15, 0.2) is 0 Å². The monoisotopic (exact) mass is 263 g/mol. The third kappa shape index (κ3) is 2.57. The van der Waals surface area contributed by atoms with E-state index in [-0.39, 0.29) is 12.1 Å². The predicted octanol–water partition coefficient (Wildman–Crippen LogP) is 3.09. The summed E-state index contributed by atoms with van der Waals surface area (Å²) in [4.78, 5) is 0. The Kier molecular flexibility index (Phi) is 3.73. The minimum atomic E-state index is -0.0388. The molecule has 2 aromatic rings. The van der Waals surface area contributed by atoms with Gasteiger partial charge in [0.25, 0.3) is 0 Å². The number of aromatic nitrogens is 2. The number of nitrogens with two attached hydrogens (primary N) is 1. The molecule has 4 heteroatoms. The van der Waals surface area contributed by atoms with Crippen LogP contribution in [0, 0.1) is 13.8 Å². The van der Waals surface area contributed by atoms with Crippen molar-refractivity contribution in [1.29, 1.82) is 0 Å². The first kappa shape index (κ1) is 13.1. The Labute approximate surface area is 113 Å². The summed E-state index contributed by atoms with van der Waals surface area (Å²) in [5.74, 6) is 0. The molecule has 2 rings (SSSR count). The van der Waals surface area contributed by atoms with Crippen LogP contribution < -0.4 is 5.73 Å². The molecule has 0 radical (unpaired) electrons. The fourth-order valence-corrected chi connectivity index (χ4v) is 2.20. The molecule has 18 heavy (non-hydrogen) atoms. The van der Waals surface area contributed by atoms with Crippen molar-refractivity contribution in [3.05, 3.63) is 52.3 Å². The van der Waals surface area contributed by atoms with E-state index in [1.807, 2.05) is 24.7 Å². The van der Waals surface area contributed by atoms with Gasteiger partial charge in [-0.15, -0.1) is 0 Å². The van der Waals surface area contributed by atoms with E-state index in [1.165, 1.54) is 5.56 Å². The Hall–Kier alpha value is -1.32. The van der Waals surface area contributed by atoms with E-state index >= 15 is 0 Å². The van der Waals surface area contributed by atoms with Crippen molar-refractivity contribution in [3.8, 4) is 0 Å². The summed E-state index contributed by atoms with van der Waals surface area (Å²) >= 11 is 6.07. The molecule has 0 saturated heterocycles. The van der Waals surface area contributed by atoms with Gasteiger partial charge in [-0.3, -0.25) is 4.68 Å². The van der Waals surface area contributed by atoms with Gasteiger partial charge < -0.3 is 5.73 Å². The summed E-state index contributed by atoms with van der Waals surface area (Å²) in [5.41, 5.74) is 9.30. The van der Waals surface area contributed by atoms with Crippen LogP contribution in [0.4, 0.5) is 0 Å². The molecule has 0 amide bonds. The van der Waals surface area contributed by atoms with Crippen LogP contribution in [0.5, 0.6) is 0 Å². The molecule has 1 heterocycles. The lowest BCUT2D eigenvalue weighted by Crippen LogP contribution is -2.30. The standard InChI is InChI=1S/C14H18ClN3/c1-9-4-6-12(7-5-9)14(10(2)16)18-8-13(15)11(3)17-18/h4-8,10,14H,16H2,1-3H3. The van der Waals surface area contributed by atoms with E-state index in [9.17, 15) is 0 Å². The zero-order valence-electron chi connectivity index (χ0n) is 10.9. The normalized spacial score (nSPS) is 14.5. The maximum absolute atomic E-state index is 6.09. The SMILES string of the molecule is Cc1ccc(C(C(C)N)n2cc(Cl)c(C)n2)cc1. The van der Waals surface area contributed by atoms with Gasteiger partial charge in [-0.1, -0.05) is 41.4 Å². The van der Waals surface area contributed by atoms with E-state index < -0.39 is 0 Å². The molecule has 0 aliphatic carbocycles. The number of benzene rings is 1. The Bertz CT molecular complexity index is 509.